The molecule has 2 aromatic carbocycles. The summed E-state index contributed by atoms with van der Waals surface area (Å²) in [5.74, 6) is 2.41. The highest BCUT2D eigenvalue weighted by Crippen LogP contribution is 2.27. The molecule has 4 aromatic rings. The fraction of sp³-hybridized carbons (Fsp3) is 0.143. The fourth-order valence-electron chi connectivity index (χ4n) is 2.82. The zero-order valence-electron chi connectivity index (χ0n) is 15.4. The van der Waals surface area contributed by atoms with Gasteiger partial charge in [-0.2, -0.15) is 0 Å². The van der Waals surface area contributed by atoms with Gasteiger partial charge in [-0.15, -0.1) is 27.0 Å². The van der Waals surface area contributed by atoms with E-state index in [0.29, 0.717) is 24.1 Å². The van der Waals surface area contributed by atoms with Gasteiger partial charge in [-0.3, -0.25) is 4.57 Å². The van der Waals surface area contributed by atoms with Crippen LogP contribution in [0.4, 0.5) is 0 Å². The van der Waals surface area contributed by atoms with Crippen LogP contribution in [-0.2, 0) is 12.3 Å². The number of hydrogen-bond acceptors (Lipinski definition) is 6. The summed E-state index contributed by atoms with van der Waals surface area (Å²) in [6.45, 7) is 6.54. The van der Waals surface area contributed by atoms with Crippen LogP contribution in [0.15, 0.2) is 76.8 Å². The Kier molecular flexibility index (Phi) is 5.34. The lowest BCUT2D eigenvalue weighted by Crippen LogP contribution is -2.01. The van der Waals surface area contributed by atoms with E-state index in [0.717, 1.165) is 22.1 Å². The molecule has 0 aliphatic heterocycles. The van der Waals surface area contributed by atoms with Crippen molar-refractivity contribution in [2.45, 2.75) is 24.4 Å². The van der Waals surface area contributed by atoms with E-state index >= 15 is 0 Å². The Morgan fingerprint density at radius 3 is 2.61 bits per heavy atom. The van der Waals surface area contributed by atoms with Gasteiger partial charge in [0.2, 0.25) is 11.8 Å². The minimum absolute atomic E-state index is 0.517. The molecule has 0 N–H and O–H groups in total. The summed E-state index contributed by atoms with van der Waals surface area (Å²) in [4.78, 5) is 0. The van der Waals surface area contributed by atoms with Crippen LogP contribution in [0, 0.1) is 6.92 Å². The molecule has 0 bridgehead atoms. The normalized spacial score (nSPS) is 10.9. The molecule has 7 heteroatoms. The lowest BCUT2D eigenvalue weighted by atomic mass is 10.1. The molecular weight excluding hydrogens is 370 g/mol. The molecule has 0 saturated heterocycles. The van der Waals surface area contributed by atoms with Gasteiger partial charge >= 0.3 is 0 Å². The number of hydrogen-bond donors (Lipinski definition) is 0. The molecule has 2 aromatic heterocycles. The van der Waals surface area contributed by atoms with Gasteiger partial charge in [-0.25, -0.2) is 0 Å². The topological polar surface area (TPSA) is 69.6 Å². The Hall–Kier alpha value is -3.19. The molecule has 140 valence electrons. The first-order valence-corrected chi connectivity index (χ1v) is 9.85. The lowest BCUT2D eigenvalue weighted by molar-refractivity contribution is 0.528. The van der Waals surface area contributed by atoms with Gasteiger partial charge in [0, 0.05) is 17.7 Å². The van der Waals surface area contributed by atoms with E-state index in [4.69, 9.17) is 4.42 Å². The van der Waals surface area contributed by atoms with Crippen LogP contribution >= 0.6 is 11.8 Å². The first kappa shape index (κ1) is 18.2. The molecule has 0 aliphatic carbocycles. The maximum atomic E-state index is 5.78. The molecule has 0 radical (unpaired) electrons. The van der Waals surface area contributed by atoms with E-state index in [9.17, 15) is 0 Å². The van der Waals surface area contributed by atoms with Gasteiger partial charge in [-0.1, -0.05) is 59.8 Å². The van der Waals surface area contributed by atoms with E-state index in [-0.39, 0.29) is 0 Å². The summed E-state index contributed by atoms with van der Waals surface area (Å²) in [6.07, 6.45) is 1.84. The predicted octanol–water partition coefficient (Wildman–Crippen LogP) is 4.78. The number of aryl methyl sites for hydroxylation is 1. The van der Waals surface area contributed by atoms with Crippen LogP contribution in [-0.4, -0.2) is 25.0 Å². The number of aromatic nitrogens is 5. The molecule has 28 heavy (non-hydrogen) atoms. The zero-order chi connectivity index (χ0) is 19.3. The fourth-order valence-corrected chi connectivity index (χ4v) is 3.61. The number of benzene rings is 2. The highest BCUT2D eigenvalue weighted by Gasteiger charge is 2.15. The van der Waals surface area contributed by atoms with Crippen molar-refractivity contribution in [2.24, 2.45) is 0 Å². The van der Waals surface area contributed by atoms with E-state index in [2.05, 4.69) is 46.0 Å². The van der Waals surface area contributed by atoms with Crippen molar-refractivity contribution in [1.82, 2.24) is 25.0 Å². The molecule has 0 atom stereocenters. The van der Waals surface area contributed by atoms with Crippen LogP contribution in [0.2, 0.25) is 0 Å². The highest BCUT2D eigenvalue weighted by atomic mass is 32.2. The van der Waals surface area contributed by atoms with Crippen molar-refractivity contribution in [3.8, 4) is 22.8 Å². The van der Waals surface area contributed by atoms with Crippen molar-refractivity contribution < 1.29 is 4.42 Å². The zero-order valence-corrected chi connectivity index (χ0v) is 16.3. The van der Waals surface area contributed by atoms with Crippen molar-refractivity contribution >= 4 is 11.8 Å². The third-order valence-corrected chi connectivity index (χ3v) is 5.07. The van der Waals surface area contributed by atoms with Gasteiger partial charge in [0.1, 0.15) is 0 Å². The number of nitrogens with zero attached hydrogens (tertiary/aromatic N) is 5. The monoisotopic (exact) mass is 389 g/mol. The molecule has 6 nitrogen and oxygen atoms in total. The smallest absolute Gasteiger partial charge is 0.247 e. The maximum absolute atomic E-state index is 5.78. The molecule has 0 unspecified atom stereocenters. The van der Waals surface area contributed by atoms with Crippen LogP contribution in [0.3, 0.4) is 0 Å². The van der Waals surface area contributed by atoms with Gasteiger partial charge in [-0.05, 0) is 25.1 Å². The van der Waals surface area contributed by atoms with Gasteiger partial charge in [0.15, 0.2) is 11.0 Å². The first-order chi connectivity index (χ1) is 13.7. The van der Waals surface area contributed by atoms with Gasteiger partial charge in [0.05, 0.1) is 5.75 Å². The largest absolute Gasteiger partial charge is 0.420 e. The molecule has 0 aliphatic rings. The Balaban J connectivity index is 1.54. The molecule has 0 saturated carbocycles. The average Bonchev–Trinajstić information content (AvgIpc) is 3.35. The summed E-state index contributed by atoms with van der Waals surface area (Å²) >= 11 is 1.51. The van der Waals surface area contributed by atoms with Crippen LogP contribution in [0.25, 0.3) is 22.8 Å². The van der Waals surface area contributed by atoms with Crippen molar-refractivity contribution in [2.75, 3.05) is 0 Å². The number of rotatable bonds is 7. The summed E-state index contributed by atoms with van der Waals surface area (Å²) in [5.41, 5.74) is 3.12. The number of thioether (sulfide) groups is 1. The second kappa shape index (κ2) is 8.22. The third kappa shape index (κ3) is 3.89. The Morgan fingerprint density at radius 1 is 1.00 bits per heavy atom. The average molecular weight is 389 g/mol. The highest BCUT2D eigenvalue weighted by molar-refractivity contribution is 7.98. The van der Waals surface area contributed by atoms with E-state index in [1.54, 1.807) is 0 Å². The first-order valence-electron chi connectivity index (χ1n) is 8.86. The molecular formula is C21H19N5OS. The summed E-state index contributed by atoms with van der Waals surface area (Å²) in [5, 5.41) is 17.8. The summed E-state index contributed by atoms with van der Waals surface area (Å²) in [7, 11) is 0. The van der Waals surface area contributed by atoms with E-state index < -0.39 is 0 Å². The quantitative estimate of drug-likeness (QED) is 0.335. The lowest BCUT2D eigenvalue weighted by Gasteiger charge is -2.07. The van der Waals surface area contributed by atoms with Gasteiger partial charge in [0.25, 0.3) is 0 Å². The third-order valence-electron chi connectivity index (χ3n) is 4.12. The minimum Gasteiger partial charge on any atom is -0.420 e. The summed E-state index contributed by atoms with van der Waals surface area (Å²) < 4.78 is 7.82. The Labute approximate surface area is 167 Å². The molecule has 0 fully saturated rings. The SMILES string of the molecule is C=CCn1c(SCc2nnc(-c3ccccc3)o2)nnc1-c1cccc(C)c1. The van der Waals surface area contributed by atoms with Crippen molar-refractivity contribution in [3.05, 3.63) is 78.7 Å². The standard InChI is InChI=1S/C21H19N5OS/c1-3-12-26-19(17-11-7-8-15(2)13-17)23-25-21(26)28-14-18-22-24-20(27-18)16-9-5-4-6-10-16/h3-11,13H,1,12,14H2,2H3. The Morgan fingerprint density at radius 2 is 1.82 bits per heavy atom. The predicted molar refractivity (Wildman–Crippen MR) is 110 cm³/mol. The van der Waals surface area contributed by atoms with Crippen LogP contribution in [0.5, 0.6) is 0 Å². The van der Waals surface area contributed by atoms with Crippen LogP contribution in [0.1, 0.15) is 11.5 Å². The van der Waals surface area contributed by atoms with Crippen molar-refractivity contribution in [3.63, 3.8) is 0 Å². The minimum atomic E-state index is 0.517. The van der Waals surface area contributed by atoms with E-state index in [1.807, 2.05) is 53.1 Å². The maximum Gasteiger partial charge on any atom is 0.247 e. The molecule has 2 heterocycles. The number of allylic oxidation sites excluding steroid dienone is 1. The molecule has 4 rings (SSSR count). The van der Waals surface area contributed by atoms with Gasteiger partial charge < -0.3 is 4.42 Å². The van der Waals surface area contributed by atoms with Crippen LogP contribution < -0.4 is 0 Å². The second-order valence-corrected chi connectivity index (χ2v) is 7.17. The van der Waals surface area contributed by atoms with Crippen molar-refractivity contribution in [1.29, 1.82) is 0 Å². The second-order valence-electron chi connectivity index (χ2n) is 6.23. The van der Waals surface area contributed by atoms with E-state index in [1.165, 1.54) is 17.3 Å². The molecule has 0 amide bonds. The molecule has 0 spiro atoms. The summed E-state index contributed by atoms with van der Waals surface area (Å²) in [6, 6.07) is 17.9. The Bertz CT molecular complexity index is 1090.